The van der Waals surface area contributed by atoms with Gasteiger partial charge in [-0.05, 0) is 25.5 Å². The van der Waals surface area contributed by atoms with Crippen LogP contribution in [0, 0.1) is 0 Å². The molecule has 0 aliphatic carbocycles. The topological polar surface area (TPSA) is 62.5 Å². The van der Waals surface area contributed by atoms with Gasteiger partial charge < -0.3 is 9.52 Å². The summed E-state index contributed by atoms with van der Waals surface area (Å²) in [6.45, 7) is 3.99. The first-order valence-electron chi connectivity index (χ1n) is 7.09. The first-order valence-corrected chi connectivity index (χ1v) is 7.09. The number of benzene rings is 1. The number of fused-ring (bicyclic) bond motifs is 1. The van der Waals surface area contributed by atoms with E-state index in [1.165, 1.54) is 0 Å². The van der Waals surface area contributed by atoms with Gasteiger partial charge in [-0.2, -0.15) is 0 Å². The summed E-state index contributed by atoms with van der Waals surface area (Å²) in [5, 5.41) is 13.4. The molecule has 0 saturated carbocycles. The lowest BCUT2D eigenvalue weighted by Gasteiger charge is -2.18. The molecule has 2 atom stereocenters. The van der Waals surface area contributed by atoms with Crippen LogP contribution in [0.3, 0.4) is 0 Å². The monoisotopic (exact) mass is 275 g/mol. The molecule has 0 saturated heterocycles. The van der Waals surface area contributed by atoms with E-state index in [0.717, 1.165) is 29.6 Å². The molecule has 2 N–H and O–H groups in total. The van der Waals surface area contributed by atoms with E-state index in [4.69, 9.17) is 4.42 Å². The van der Waals surface area contributed by atoms with Gasteiger partial charge in [-0.1, -0.05) is 38.0 Å². The van der Waals surface area contributed by atoms with Gasteiger partial charge in [0.15, 0.2) is 0 Å². The maximum absolute atomic E-state index is 11.3. The zero-order chi connectivity index (χ0) is 14.5. The minimum absolute atomic E-state index is 0.125. The number of carboxylic acids is 1. The molecule has 0 spiro atoms. The summed E-state index contributed by atoms with van der Waals surface area (Å²) >= 11 is 0. The number of hydrogen-bond acceptors (Lipinski definition) is 3. The van der Waals surface area contributed by atoms with Crippen molar-refractivity contribution in [2.24, 2.45) is 0 Å². The van der Waals surface area contributed by atoms with Crippen molar-refractivity contribution in [2.45, 2.75) is 45.2 Å². The van der Waals surface area contributed by atoms with Gasteiger partial charge in [-0.3, -0.25) is 10.1 Å². The molecule has 0 fully saturated rings. The summed E-state index contributed by atoms with van der Waals surface area (Å²) in [5.74, 6) is -0.0321. The Bertz CT molecular complexity index is 543. The summed E-state index contributed by atoms with van der Waals surface area (Å²) in [5.41, 5.74) is 0.830. The molecule has 2 aromatic rings. The molecular weight excluding hydrogens is 254 g/mol. The first kappa shape index (κ1) is 14.6. The van der Waals surface area contributed by atoms with Crippen LogP contribution in [0.1, 0.15) is 44.9 Å². The minimum Gasteiger partial charge on any atom is -0.480 e. The summed E-state index contributed by atoms with van der Waals surface area (Å²) in [4.78, 5) is 11.3. The highest BCUT2D eigenvalue weighted by Gasteiger charge is 2.21. The van der Waals surface area contributed by atoms with E-state index in [-0.39, 0.29) is 6.04 Å². The quantitative estimate of drug-likeness (QED) is 0.808. The molecule has 2 rings (SSSR count). The third kappa shape index (κ3) is 3.39. The third-order valence-corrected chi connectivity index (χ3v) is 3.47. The van der Waals surface area contributed by atoms with Gasteiger partial charge in [0.2, 0.25) is 0 Å². The highest BCUT2D eigenvalue weighted by Crippen LogP contribution is 2.24. The lowest BCUT2D eigenvalue weighted by Crippen LogP contribution is -2.38. The largest absolute Gasteiger partial charge is 0.480 e. The smallest absolute Gasteiger partial charge is 0.320 e. The van der Waals surface area contributed by atoms with E-state index in [0.29, 0.717) is 6.42 Å². The average molecular weight is 275 g/mol. The molecule has 20 heavy (non-hydrogen) atoms. The maximum atomic E-state index is 11.3. The predicted octanol–water partition coefficient (Wildman–Crippen LogP) is 3.73. The Morgan fingerprint density at radius 1 is 1.40 bits per heavy atom. The molecule has 0 amide bonds. The molecule has 1 aromatic heterocycles. The van der Waals surface area contributed by atoms with E-state index in [9.17, 15) is 9.90 Å². The minimum atomic E-state index is -0.804. The Kier molecular flexibility index (Phi) is 4.79. The van der Waals surface area contributed by atoms with Gasteiger partial charge in [-0.15, -0.1) is 0 Å². The molecule has 0 aliphatic rings. The number of unbranched alkanes of at least 4 members (excludes halogenated alkanes) is 1. The average Bonchev–Trinajstić information content (AvgIpc) is 2.86. The van der Waals surface area contributed by atoms with Gasteiger partial charge in [-0.25, -0.2) is 0 Å². The first-order chi connectivity index (χ1) is 9.61. The number of furan rings is 1. The predicted molar refractivity (Wildman–Crippen MR) is 78.7 cm³/mol. The van der Waals surface area contributed by atoms with Gasteiger partial charge in [0.25, 0.3) is 0 Å². The second kappa shape index (κ2) is 6.57. The highest BCUT2D eigenvalue weighted by molar-refractivity contribution is 5.78. The van der Waals surface area contributed by atoms with Crippen LogP contribution < -0.4 is 5.32 Å². The van der Waals surface area contributed by atoms with Crippen LogP contribution in [0.15, 0.2) is 34.7 Å². The molecule has 0 bridgehead atoms. The maximum Gasteiger partial charge on any atom is 0.320 e. The number of hydrogen-bond donors (Lipinski definition) is 2. The van der Waals surface area contributed by atoms with E-state index in [1.807, 2.05) is 37.3 Å². The van der Waals surface area contributed by atoms with Crippen molar-refractivity contribution in [3.8, 4) is 0 Å². The molecule has 1 heterocycles. The van der Waals surface area contributed by atoms with E-state index in [1.54, 1.807) is 0 Å². The SMILES string of the molecule is CCCCC(NC(C)c1cc2ccccc2o1)C(=O)O. The lowest BCUT2D eigenvalue weighted by atomic mass is 10.1. The molecule has 108 valence electrons. The summed E-state index contributed by atoms with van der Waals surface area (Å²) in [7, 11) is 0. The lowest BCUT2D eigenvalue weighted by molar-refractivity contribution is -0.139. The van der Waals surface area contributed by atoms with Crippen LogP contribution in [0.4, 0.5) is 0 Å². The normalized spacial score (nSPS) is 14.3. The number of para-hydroxylation sites is 1. The van der Waals surface area contributed by atoms with Gasteiger partial charge >= 0.3 is 5.97 Å². The fourth-order valence-electron chi connectivity index (χ4n) is 2.29. The Morgan fingerprint density at radius 3 is 2.80 bits per heavy atom. The third-order valence-electron chi connectivity index (χ3n) is 3.47. The molecule has 4 nitrogen and oxygen atoms in total. The van der Waals surface area contributed by atoms with Gasteiger partial charge in [0.1, 0.15) is 17.4 Å². The molecule has 2 unspecified atom stereocenters. The second-order valence-corrected chi connectivity index (χ2v) is 5.11. The van der Waals surface area contributed by atoms with Crippen molar-refractivity contribution in [2.75, 3.05) is 0 Å². The number of carbonyl (C=O) groups is 1. The number of nitrogens with one attached hydrogen (secondary N) is 1. The van der Waals surface area contributed by atoms with E-state index >= 15 is 0 Å². The number of rotatable bonds is 7. The van der Waals surface area contributed by atoms with Crippen molar-refractivity contribution < 1.29 is 14.3 Å². The zero-order valence-electron chi connectivity index (χ0n) is 11.9. The Hall–Kier alpha value is -1.81. The fraction of sp³-hybridized carbons (Fsp3) is 0.438. The van der Waals surface area contributed by atoms with Crippen LogP contribution in [0.5, 0.6) is 0 Å². The van der Waals surface area contributed by atoms with Crippen LogP contribution in [-0.2, 0) is 4.79 Å². The standard InChI is InChI=1S/C16H21NO3/c1-3-4-8-13(16(18)19)17-11(2)15-10-12-7-5-6-9-14(12)20-15/h5-7,9-11,13,17H,3-4,8H2,1-2H3,(H,18,19). The number of carboxylic acid groups (broad SMARTS) is 1. The van der Waals surface area contributed by atoms with Gasteiger partial charge in [0, 0.05) is 5.39 Å². The van der Waals surface area contributed by atoms with Crippen molar-refractivity contribution >= 4 is 16.9 Å². The molecular formula is C16H21NO3. The second-order valence-electron chi connectivity index (χ2n) is 5.11. The Morgan fingerprint density at radius 2 is 2.15 bits per heavy atom. The zero-order valence-corrected chi connectivity index (χ0v) is 11.9. The molecule has 0 aliphatic heterocycles. The van der Waals surface area contributed by atoms with Gasteiger partial charge in [0.05, 0.1) is 6.04 Å². The van der Waals surface area contributed by atoms with Crippen LogP contribution in [0.25, 0.3) is 11.0 Å². The van der Waals surface area contributed by atoms with Crippen molar-refractivity contribution in [1.82, 2.24) is 5.32 Å². The fourth-order valence-corrected chi connectivity index (χ4v) is 2.29. The Labute approximate surface area is 118 Å². The number of aliphatic carboxylic acids is 1. The van der Waals surface area contributed by atoms with Crippen LogP contribution in [0.2, 0.25) is 0 Å². The van der Waals surface area contributed by atoms with Crippen molar-refractivity contribution in [1.29, 1.82) is 0 Å². The van der Waals surface area contributed by atoms with Crippen molar-refractivity contribution in [3.05, 3.63) is 36.1 Å². The molecule has 1 aromatic carbocycles. The van der Waals surface area contributed by atoms with E-state index < -0.39 is 12.0 Å². The molecule has 4 heteroatoms. The highest BCUT2D eigenvalue weighted by atomic mass is 16.4. The van der Waals surface area contributed by atoms with Crippen LogP contribution >= 0.6 is 0 Å². The summed E-state index contributed by atoms with van der Waals surface area (Å²) < 4.78 is 5.76. The molecule has 0 radical (unpaired) electrons. The Balaban J connectivity index is 2.09. The summed E-state index contributed by atoms with van der Waals surface area (Å²) in [6, 6.07) is 9.10. The van der Waals surface area contributed by atoms with Crippen molar-refractivity contribution in [3.63, 3.8) is 0 Å². The summed E-state index contributed by atoms with van der Waals surface area (Å²) in [6.07, 6.45) is 2.53. The van der Waals surface area contributed by atoms with Crippen LogP contribution in [-0.4, -0.2) is 17.1 Å². The van der Waals surface area contributed by atoms with E-state index in [2.05, 4.69) is 12.2 Å².